The molecule has 1 fully saturated rings. The minimum absolute atomic E-state index is 0.101. The predicted molar refractivity (Wildman–Crippen MR) is 114 cm³/mol. The molecule has 7 heteroatoms. The summed E-state index contributed by atoms with van der Waals surface area (Å²) in [6, 6.07) is 11.2. The molecule has 2 N–H and O–H groups in total. The van der Waals surface area contributed by atoms with Crippen LogP contribution in [-0.2, 0) is 22.9 Å². The smallest absolute Gasteiger partial charge is 0.240 e. The van der Waals surface area contributed by atoms with E-state index in [1.165, 1.54) is 22.9 Å². The molecule has 0 aromatic heterocycles. The topological polar surface area (TPSA) is 61.4 Å². The molecular weight excluding hydrogens is 394 g/mol. The molecule has 0 bridgehead atoms. The molecular formula is C21H26ClN3O2S. The molecule has 0 radical (unpaired) electrons. The molecule has 2 aliphatic rings. The van der Waals surface area contributed by atoms with Crippen molar-refractivity contribution in [3.63, 3.8) is 0 Å². The van der Waals surface area contributed by atoms with E-state index in [0.29, 0.717) is 11.4 Å². The highest BCUT2D eigenvalue weighted by Crippen LogP contribution is 2.31. The van der Waals surface area contributed by atoms with Crippen LogP contribution in [0, 0.1) is 6.92 Å². The molecule has 1 aliphatic carbocycles. The lowest BCUT2D eigenvalue weighted by molar-refractivity contribution is 0.506. The number of benzene rings is 2. The largest absolute Gasteiger partial charge is 0.369 e. The summed E-state index contributed by atoms with van der Waals surface area (Å²) in [5.74, 6) is 0. The van der Waals surface area contributed by atoms with Crippen molar-refractivity contribution >= 4 is 27.3 Å². The van der Waals surface area contributed by atoms with Crippen molar-refractivity contribution in [2.75, 3.05) is 31.1 Å². The summed E-state index contributed by atoms with van der Waals surface area (Å²) in [5, 5.41) is 3.86. The molecule has 1 aliphatic heterocycles. The first kappa shape index (κ1) is 19.7. The number of aryl methyl sites for hydroxylation is 1. The van der Waals surface area contributed by atoms with Gasteiger partial charge in [-0.05, 0) is 61.1 Å². The summed E-state index contributed by atoms with van der Waals surface area (Å²) < 4.78 is 28.5. The van der Waals surface area contributed by atoms with Gasteiger partial charge in [-0.25, -0.2) is 13.1 Å². The average Bonchev–Trinajstić information content (AvgIpc) is 2.69. The van der Waals surface area contributed by atoms with Gasteiger partial charge >= 0.3 is 0 Å². The number of piperazine rings is 1. The highest BCUT2D eigenvalue weighted by Gasteiger charge is 2.27. The number of sulfonamides is 1. The summed E-state index contributed by atoms with van der Waals surface area (Å²) in [4.78, 5) is 2.66. The van der Waals surface area contributed by atoms with Crippen molar-refractivity contribution < 1.29 is 8.42 Å². The summed E-state index contributed by atoms with van der Waals surface area (Å²) >= 11 is 6.12. The Labute approximate surface area is 172 Å². The van der Waals surface area contributed by atoms with Gasteiger partial charge in [-0.1, -0.05) is 29.8 Å². The quantitative estimate of drug-likeness (QED) is 0.799. The fourth-order valence-corrected chi connectivity index (χ4v) is 5.66. The van der Waals surface area contributed by atoms with Gasteiger partial charge in [0.15, 0.2) is 0 Å². The van der Waals surface area contributed by atoms with E-state index in [9.17, 15) is 8.42 Å². The molecule has 0 amide bonds. The number of hydrogen-bond donors (Lipinski definition) is 2. The minimum atomic E-state index is -3.59. The van der Waals surface area contributed by atoms with Gasteiger partial charge < -0.3 is 10.2 Å². The van der Waals surface area contributed by atoms with Gasteiger partial charge in [-0.3, -0.25) is 0 Å². The summed E-state index contributed by atoms with van der Waals surface area (Å²) in [6.45, 7) is 5.90. The molecule has 0 saturated carbocycles. The maximum absolute atomic E-state index is 12.8. The molecule has 1 saturated heterocycles. The average molecular weight is 420 g/mol. The van der Waals surface area contributed by atoms with Crippen LogP contribution in [0.15, 0.2) is 41.3 Å². The summed E-state index contributed by atoms with van der Waals surface area (Å²) in [5.41, 5.74) is 4.80. The van der Waals surface area contributed by atoms with Gasteiger partial charge in [0.2, 0.25) is 10.0 Å². The molecule has 2 aromatic carbocycles. The fraction of sp³-hybridized carbons (Fsp3) is 0.429. The Balaban J connectivity index is 1.52. The van der Waals surface area contributed by atoms with Crippen LogP contribution in [0.3, 0.4) is 0 Å². The summed E-state index contributed by atoms with van der Waals surface area (Å²) in [6.07, 6.45) is 2.40. The van der Waals surface area contributed by atoms with Crippen LogP contribution in [0.25, 0.3) is 0 Å². The van der Waals surface area contributed by atoms with Crippen molar-refractivity contribution in [3.05, 3.63) is 58.1 Å². The molecule has 1 atom stereocenters. The Morgan fingerprint density at radius 2 is 1.96 bits per heavy atom. The Morgan fingerprint density at radius 3 is 2.71 bits per heavy atom. The van der Waals surface area contributed by atoms with Crippen LogP contribution in [0.2, 0.25) is 5.02 Å². The van der Waals surface area contributed by atoms with E-state index in [4.69, 9.17) is 11.6 Å². The lowest BCUT2D eigenvalue weighted by Gasteiger charge is -2.34. The van der Waals surface area contributed by atoms with Gasteiger partial charge in [-0.2, -0.15) is 0 Å². The predicted octanol–water partition coefficient (Wildman–Crippen LogP) is 2.89. The van der Waals surface area contributed by atoms with Crippen LogP contribution in [0.5, 0.6) is 0 Å². The number of anilines is 1. The third-order valence-electron chi connectivity index (χ3n) is 5.69. The van der Waals surface area contributed by atoms with Crippen LogP contribution >= 0.6 is 11.6 Å². The van der Waals surface area contributed by atoms with Crippen molar-refractivity contribution in [1.29, 1.82) is 0 Å². The maximum Gasteiger partial charge on any atom is 0.240 e. The van der Waals surface area contributed by atoms with E-state index in [0.717, 1.165) is 44.6 Å². The van der Waals surface area contributed by atoms with E-state index in [2.05, 4.69) is 33.1 Å². The SMILES string of the molecule is Cc1ccc(S(=O)(=O)NC2CCc3c(cccc3N3CCNCC3)C2)cc1Cl. The zero-order chi connectivity index (χ0) is 19.7. The molecule has 2 aromatic rings. The first-order valence-corrected chi connectivity index (χ1v) is 11.6. The molecule has 150 valence electrons. The highest BCUT2D eigenvalue weighted by atomic mass is 35.5. The van der Waals surface area contributed by atoms with E-state index < -0.39 is 10.0 Å². The van der Waals surface area contributed by atoms with E-state index in [1.54, 1.807) is 12.1 Å². The Kier molecular flexibility index (Phi) is 5.65. The second-order valence-corrected chi connectivity index (χ2v) is 9.75. The monoisotopic (exact) mass is 419 g/mol. The Bertz CT molecular complexity index is 972. The standard InChI is InChI=1S/C21H26ClN3O2S/c1-15-5-7-18(14-20(15)22)28(26,27)24-17-6-8-19-16(13-17)3-2-4-21(19)25-11-9-23-10-12-25/h2-5,7,14,17,23-24H,6,8-13H2,1H3. The lowest BCUT2D eigenvalue weighted by atomic mass is 9.87. The summed E-state index contributed by atoms with van der Waals surface area (Å²) in [7, 11) is -3.59. The Morgan fingerprint density at radius 1 is 1.18 bits per heavy atom. The molecule has 1 heterocycles. The van der Waals surface area contributed by atoms with Crippen molar-refractivity contribution in [2.24, 2.45) is 0 Å². The number of nitrogens with zero attached hydrogens (tertiary/aromatic N) is 1. The van der Waals surface area contributed by atoms with Crippen LogP contribution < -0.4 is 14.9 Å². The number of halogens is 1. The second-order valence-electron chi connectivity index (χ2n) is 7.62. The first-order chi connectivity index (χ1) is 13.4. The molecule has 28 heavy (non-hydrogen) atoms. The van der Waals surface area contributed by atoms with Gasteiger partial charge in [0.05, 0.1) is 4.90 Å². The third-order valence-corrected chi connectivity index (χ3v) is 7.62. The van der Waals surface area contributed by atoms with Gasteiger partial charge in [0, 0.05) is 42.9 Å². The molecule has 1 unspecified atom stereocenters. The first-order valence-electron chi connectivity index (χ1n) is 9.79. The highest BCUT2D eigenvalue weighted by molar-refractivity contribution is 7.89. The van der Waals surface area contributed by atoms with Crippen molar-refractivity contribution in [1.82, 2.24) is 10.0 Å². The molecule has 0 spiro atoms. The van der Waals surface area contributed by atoms with E-state index in [1.807, 2.05) is 6.92 Å². The van der Waals surface area contributed by atoms with Crippen molar-refractivity contribution in [2.45, 2.75) is 37.1 Å². The Hall–Kier alpha value is -1.60. The molecule has 5 nitrogen and oxygen atoms in total. The third kappa shape index (κ3) is 4.06. The lowest BCUT2D eigenvalue weighted by Crippen LogP contribution is -2.44. The zero-order valence-corrected chi connectivity index (χ0v) is 17.6. The molecule has 4 rings (SSSR count). The van der Waals surface area contributed by atoms with Crippen LogP contribution in [0.4, 0.5) is 5.69 Å². The number of rotatable bonds is 4. The number of fused-ring (bicyclic) bond motifs is 1. The zero-order valence-electron chi connectivity index (χ0n) is 16.0. The van der Waals surface area contributed by atoms with Crippen LogP contribution in [0.1, 0.15) is 23.1 Å². The maximum atomic E-state index is 12.8. The van der Waals surface area contributed by atoms with Crippen molar-refractivity contribution in [3.8, 4) is 0 Å². The van der Waals surface area contributed by atoms with Gasteiger partial charge in [-0.15, -0.1) is 0 Å². The number of hydrogen-bond acceptors (Lipinski definition) is 4. The van der Waals surface area contributed by atoms with E-state index in [-0.39, 0.29) is 10.9 Å². The number of nitrogens with one attached hydrogen (secondary N) is 2. The second kappa shape index (κ2) is 8.03. The van der Waals surface area contributed by atoms with Gasteiger partial charge in [0.1, 0.15) is 0 Å². The van der Waals surface area contributed by atoms with Gasteiger partial charge in [0.25, 0.3) is 0 Å². The van der Waals surface area contributed by atoms with E-state index >= 15 is 0 Å². The normalized spacial score (nSPS) is 20.1. The minimum Gasteiger partial charge on any atom is -0.369 e. The fourth-order valence-electron chi connectivity index (χ4n) is 4.12. The van der Waals surface area contributed by atoms with Crippen LogP contribution in [-0.4, -0.2) is 40.6 Å².